The third kappa shape index (κ3) is 3.61. The fourth-order valence-corrected chi connectivity index (χ4v) is 4.01. The molecule has 0 aromatic carbocycles. The van der Waals surface area contributed by atoms with Crippen molar-refractivity contribution in [1.82, 2.24) is 29.6 Å². The highest BCUT2D eigenvalue weighted by Crippen LogP contribution is 2.24. The lowest BCUT2D eigenvalue weighted by atomic mass is 10.2. The highest BCUT2D eigenvalue weighted by atomic mass is 16.5. The first-order valence-electron chi connectivity index (χ1n) is 9.68. The Morgan fingerprint density at radius 3 is 2.43 bits per heavy atom. The van der Waals surface area contributed by atoms with E-state index in [-0.39, 0.29) is 6.10 Å². The number of rotatable bonds is 5. The number of nitrogens with zero attached hydrogens (tertiary/aromatic N) is 9. The van der Waals surface area contributed by atoms with Gasteiger partial charge in [-0.3, -0.25) is 0 Å². The predicted octanol–water partition coefficient (Wildman–Crippen LogP) is -0.303. The molecule has 0 bridgehead atoms. The molecule has 2 aromatic heterocycles. The predicted molar refractivity (Wildman–Crippen MR) is 108 cm³/mol. The maximum atomic E-state index is 5.68. The molecule has 28 heavy (non-hydrogen) atoms. The molecule has 0 radical (unpaired) electrons. The van der Waals surface area contributed by atoms with Crippen LogP contribution in [-0.4, -0.2) is 102 Å². The first-order chi connectivity index (χ1) is 13.6. The van der Waals surface area contributed by atoms with Crippen LogP contribution in [0.2, 0.25) is 0 Å². The molecule has 2 aromatic rings. The highest BCUT2D eigenvalue weighted by Gasteiger charge is 2.35. The molecule has 0 amide bonds. The van der Waals surface area contributed by atoms with Crippen LogP contribution in [0.1, 0.15) is 0 Å². The lowest BCUT2D eigenvalue weighted by Crippen LogP contribution is -2.48. The molecule has 10 heteroatoms. The minimum absolute atomic E-state index is 0.184. The number of methoxy groups -OCH3 is 1. The molecule has 152 valence electrons. The van der Waals surface area contributed by atoms with Gasteiger partial charge in [0.15, 0.2) is 0 Å². The number of hydrogen-bond donors (Lipinski definition) is 0. The number of likely N-dealkylation sites (N-methyl/N-ethyl adjacent to an activating group) is 1. The van der Waals surface area contributed by atoms with Crippen LogP contribution in [0.15, 0.2) is 18.6 Å². The van der Waals surface area contributed by atoms with Gasteiger partial charge in [0, 0.05) is 59.6 Å². The molecule has 2 aliphatic rings. The van der Waals surface area contributed by atoms with Gasteiger partial charge < -0.3 is 28.9 Å². The Balaban J connectivity index is 1.43. The van der Waals surface area contributed by atoms with Crippen molar-refractivity contribution in [3.63, 3.8) is 0 Å². The standard InChI is InChI=1S/C18H29N9O/c1-23(2)14-11-27(12-15(14)28-4)16-5-6-19-17(21-16)25-7-9-26(10-8-25)18-22-20-13-24(18)3/h5-6,13-15H,7-12H2,1-4H3/t14-,15+/m0/s1. The minimum atomic E-state index is 0.184. The van der Waals surface area contributed by atoms with Crippen LogP contribution < -0.4 is 14.7 Å². The van der Waals surface area contributed by atoms with E-state index in [9.17, 15) is 0 Å². The second kappa shape index (κ2) is 7.88. The third-order valence-electron chi connectivity index (χ3n) is 5.69. The lowest BCUT2D eigenvalue weighted by Gasteiger charge is -2.35. The monoisotopic (exact) mass is 387 g/mol. The zero-order chi connectivity index (χ0) is 19.7. The van der Waals surface area contributed by atoms with Gasteiger partial charge in [-0.15, -0.1) is 10.2 Å². The Labute approximate surface area is 165 Å². The van der Waals surface area contributed by atoms with Gasteiger partial charge in [-0.05, 0) is 20.2 Å². The molecule has 4 heterocycles. The molecule has 0 spiro atoms. The average molecular weight is 387 g/mol. The Morgan fingerprint density at radius 2 is 1.82 bits per heavy atom. The summed E-state index contributed by atoms with van der Waals surface area (Å²) in [6, 6.07) is 2.35. The Hall–Kier alpha value is -2.46. The van der Waals surface area contributed by atoms with E-state index >= 15 is 0 Å². The molecule has 0 aliphatic carbocycles. The van der Waals surface area contributed by atoms with Crippen molar-refractivity contribution in [2.75, 3.05) is 75.2 Å². The van der Waals surface area contributed by atoms with Gasteiger partial charge in [-0.2, -0.15) is 4.98 Å². The molecule has 0 N–H and O–H groups in total. The molecule has 0 unspecified atom stereocenters. The summed E-state index contributed by atoms with van der Waals surface area (Å²) in [6.07, 6.45) is 3.78. The first-order valence-corrected chi connectivity index (χ1v) is 9.68. The van der Waals surface area contributed by atoms with Gasteiger partial charge in [0.1, 0.15) is 12.1 Å². The van der Waals surface area contributed by atoms with E-state index in [1.807, 2.05) is 23.9 Å². The van der Waals surface area contributed by atoms with Gasteiger partial charge in [0.05, 0.1) is 12.1 Å². The fraction of sp³-hybridized carbons (Fsp3) is 0.667. The average Bonchev–Trinajstić information content (AvgIpc) is 3.34. The third-order valence-corrected chi connectivity index (χ3v) is 5.69. The van der Waals surface area contributed by atoms with Crippen LogP contribution in [-0.2, 0) is 11.8 Å². The summed E-state index contributed by atoms with van der Waals surface area (Å²) in [5, 5.41) is 8.18. The summed E-state index contributed by atoms with van der Waals surface area (Å²) in [5.74, 6) is 2.66. The van der Waals surface area contributed by atoms with E-state index in [2.05, 4.69) is 48.9 Å². The Bertz CT molecular complexity index is 787. The molecule has 2 atom stereocenters. The highest BCUT2D eigenvalue weighted by molar-refractivity contribution is 5.46. The van der Waals surface area contributed by atoms with Crippen molar-refractivity contribution in [2.24, 2.45) is 7.05 Å². The van der Waals surface area contributed by atoms with Crippen molar-refractivity contribution < 1.29 is 4.74 Å². The lowest BCUT2D eigenvalue weighted by molar-refractivity contribution is 0.0639. The normalized spacial score (nSPS) is 23.1. The summed E-state index contributed by atoms with van der Waals surface area (Å²) in [6.45, 7) is 5.21. The van der Waals surface area contributed by atoms with Crippen LogP contribution in [0, 0.1) is 0 Å². The van der Waals surface area contributed by atoms with Crippen molar-refractivity contribution in [1.29, 1.82) is 0 Å². The number of anilines is 3. The Kier molecular flexibility index (Phi) is 5.31. The number of hydrogen-bond acceptors (Lipinski definition) is 9. The molecule has 2 saturated heterocycles. The zero-order valence-electron chi connectivity index (χ0n) is 17.1. The molecule has 0 saturated carbocycles. The summed E-state index contributed by atoms with van der Waals surface area (Å²) in [4.78, 5) is 18.4. The second-order valence-corrected chi connectivity index (χ2v) is 7.64. The van der Waals surface area contributed by atoms with Gasteiger partial charge in [-0.25, -0.2) is 4.98 Å². The largest absolute Gasteiger partial charge is 0.378 e. The van der Waals surface area contributed by atoms with Crippen LogP contribution in [0.5, 0.6) is 0 Å². The van der Waals surface area contributed by atoms with E-state index in [1.165, 1.54) is 0 Å². The number of piperazine rings is 1. The van der Waals surface area contributed by atoms with Gasteiger partial charge in [0.25, 0.3) is 0 Å². The minimum Gasteiger partial charge on any atom is -0.378 e. The smallest absolute Gasteiger partial charge is 0.227 e. The molecular weight excluding hydrogens is 358 g/mol. The van der Waals surface area contributed by atoms with E-state index in [1.54, 1.807) is 13.4 Å². The van der Waals surface area contributed by atoms with Crippen LogP contribution in [0.4, 0.5) is 17.7 Å². The molecule has 2 aliphatic heterocycles. The van der Waals surface area contributed by atoms with Crippen LogP contribution in [0.25, 0.3) is 0 Å². The topological polar surface area (TPSA) is 78.7 Å². The first kappa shape index (κ1) is 18.9. The van der Waals surface area contributed by atoms with Crippen molar-refractivity contribution in [2.45, 2.75) is 12.1 Å². The fourth-order valence-electron chi connectivity index (χ4n) is 4.01. The van der Waals surface area contributed by atoms with Crippen molar-refractivity contribution in [3.8, 4) is 0 Å². The second-order valence-electron chi connectivity index (χ2n) is 7.64. The summed E-state index contributed by atoms with van der Waals surface area (Å²) >= 11 is 0. The maximum absolute atomic E-state index is 5.68. The summed E-state index contributed by atoms with van der Waals surface area (Å²) in [7, 11) is 7.95. The van der Waals surface area contributed by atoms with E-state index in [0.717, 1.165) is 57.0 Å². The van der Waals surface area contributed by atoms with Crippen molar-refractivity contribution >= 4 is 17.7 Å². The zero-order valence-corrected chi connectivity index (χ0v) is 17.1. The number of ether oxygens (including phenoxy) is 1. The molecule has 4 rings (SSSR count). The van der Waals surface area contributed by atoms with Gasteiger partial charge in [0.2, 0.25) is 11.9 Å². The van der Waals surface area contributed by atoms with Gasteiger partial charge >= 0.3 is 0 Å². The Morgan fingerprint density at radius 1 is 1.07 bits per heavy atom. The quantitative estimate of drug-likeness (QED) is 0.687. The van der Waals surface area contributed by atoms with E-state index in [0.29, 0.717) is 6.04 Å². The van der Waals surface area contributed by atoms with Crippen molar-refractivity contribution in [3.05, 3.63) is 18.6 Å². The summed E-state index contributed by atoms with van der Waals surface area (Å²) < 4.78 is 7.64. The number of aromatic nitrogens is 5. The molecule has 2 fully saturated rings. The van der Waals surface area contributed by atoms with Crippen LogP contribution >= 0.6 is 0 Å². The van der Waals surface area contributed by atoms with E-state index in [4.69, 9.17) is 9.72 Å². The number of aryl methyl sites for hydroxylation is 1. The molecule has 10 nitrogen and oxygen atoms in total. The van der Waals surface area contributed by atoms with Crippen LogP contribution in [0.3, 0.4) is 0 Å². The summed E-state index contributed by atoms with van der Waals surface area (Å²) in [5.41, 5.74) is 0. The van der Waals surface area contributed by atoms with E-state index < -0.39 is 0 Å². The maximum Gasteiger partial charge on any atom is 0.227 e. The van der Waals surface area contributed by atoms with Gasteiger partial charge in [-0.1, -0.05) is 0 Å². The SMILES string of the molecule is CO[C@@H]1CN(c2ccnc(N3CCN(c4nncn4C)CC3)n2)C[C@@H]1N(C)C. The molecular formula is C18H29N9O.